The maximum absolute atomic E-state index is 3.56. The average Bonchev–Trinajstić information content (AvgIpc) is 2.85. The zero-order chi connectivity index (χ0) is 12.5. The summed E-state index contributed by atoms with van der Waals surface area (Å²) in [6.07, 6.45) is 11.1. The van der Waals surface area contributed by atoms with Crippen molar-refractivity contribution >= 4 is 0 Å². The van der Waals surface area contributed by atoms with Crippen molar-refractivity contribution in [2.24, 2.45) is 0 Å². The Bertz CT molecular complexity index is 176. The minimum atomic E-state index is 0.701. The molecule has 1 unspecified atom stereocenters. The quantitative estimate of drug-likeness (QED) is 0.621. The fraction of sp³-hybridized carbons (Fsp3) is 1.00. The second-order valence-corrected chi connectivity index (χ2v) is 5.77. The van der Waals surface area contributed by atoms with Crippen LogP contribution in [0.1, 0.15) is 65.2 Å². The van der Waals surface area contributed by atoms with Gasteiger partial charge in [-0.05, 0) is 59.2 Å². The number of unbranched alkanes of at least 4 members (excludes halogenated alkanes) is 1. The molecule has 0 bridgehead atoms. The van der Waals surface area contributed by atoms with Crippen molar-refractivity contribution in [3.8, 4) is 0 Å². The third kappa shape index (κ3) is 6.42. The van der Waals surface area contributed by atoms with E-state index in [2.05, 4.69) is 31.1 Å². The molecule has 0 saturated heterocycles. The number of hydrogen-bond acceptors (Lipinski definition) is 2. The topological polar surface area (TPSA) is 15.3 Å². The Kier molecular flexibility index (Phi) is 7.87. The summed E-state index contributed by atoms with van der Waals surface area (Å²) in [6, 6.07) is 1.59. The molecule has 102 valence electrons. The van der Waals surface area contributed by atoms with Crippen LogP contribution in [-0.4, -0.2) is 37.1 Å². The molecule has 0 aromatic rings. The molecule has 1 saturated carbocycles. The van der Waals surface area contributed by atoms with Gasteiger partial charge in [0.05, 0.1) is 0 Å². The van der Waals surface area contributed by atoms with Gasteiger partial charge in [-0.25, -0.2) is 0 Å². The van der Waals surface area contributed by atoms with Crippen LogP contribution in [0.4, 0.5) is 0 Å². The summed E-state index contributed by atoms with van der Waals surface area (Å²) in [5, 5.41) is 3.56. The lowest BCUT2D eigenvalue weighted by molar-refractivity contribution is 0.239. The molecule has 0 heterocycles. The van der Waals surface area contributed by atoms with Crippen LogP contribution in [0.2, 0.25) is 0 Å². The van der Waals surface area contributed by atoms with Crippen LogP contribution >= 0.6 is 0 Å². The van der Waals surface area contributed by atoms with Gasteiger partial charge in [-0.15, -0.1) is 0 Å². The van der Waals surface area contributed by atoms with Crippen LogP contribution in [0, 0.1) is 0 Å². The Labute approximate surface area is 108 Å². The second-order valence-electron chi connectivity index (χ2n) is 5.77. The summed E-state index contributed by atoms with van der Waals surface area (Å²) in [7, 11) is 2.31. The van der Waals surface area contributed by atoms with Crippen LogP contribution in [-0.2, 0) is 0 Å². The maximum Gasteiger partial charge on any atom is 0.00922 e. The largest absolute Gasteiger partial charge is 0.314 e. The van der Waals surface area contributed by atoms with Gasteiger partial charge in [0.15, 0.2) is 0 Å². The molecule has 0 aromatic carbocycles. The van der Waals surface area contributed by atoms with E-state index in [1.165, 1.54) is 64.5 Å². The van der Waals surface area contributed by atoms with Crippen molar-refractivity contribution in [3.63, 3.8) is 0 Å². The predicted octanol–water partition coefficient (Wildman–Crippen LogP) is 3.42. The molecular weight excluding hydrogens is 208 g/mol. The lowest BCUT2D eigenvalue weighted by atomic mass is 10.1. The van der Waals surface area contributed by atoms with Crippen molar-refractivity contribution in [1.29, 1.82) is 0 Å². The normalized spacial score (nSPS) is 19.1. The molecule has 1 rings (SSSR count). The monoisotopic (exact) mass is 240 g/mol. The van der Waals surface area contributed by atoms with E-state index in [9.17, 15) is 0 Å². The van der Waals surface area contributed by atoms with Crippen molar-refractivity contribution < 1.29 is 0 Å². The first-order chi connectivity index (χ1) is 8.24. The van der Waals surface area contributed by atoms with Crippen molar-refractivity contribution in [1.82, 2.24) is 10.2 Å². The third-order valence-corrected chi connectivity index (χ3v) is 4.09. The van der Waals surface area contributed by atoms with Gasteiger partial charge >= 0.3 is 0 Å². The molecule has 0 amide bonds. The average molecular weight is 240 g/mol. The SMILES string of the molecule is CCCNC(C)CCCCN(C)C1CCCC1. The van der Waals surface area contributed by atoms with E-state index in [-0.39, 0.29) is 0 Å². The lowest BCUT2D eigenvalue weighted by Gasteiger charge is -2.24. The van der Waals surface area contributed by atoms with Crippen molar-refractivity contribution in [3.05, 3.63) is 0 Å². The summed E-state index contributed by atoms with van der Waals surface area (Å²) in [6.45, 7) is 7.01. The van der Waals surface area contributed by atoms with Crippen LogP contribution in [0.15, 0.2) is 0 Å². The number of nitrogens with one attached hydrogen (secondary N) is 1. The van der Waals surface area contributed by atoms with E-state index in [0.29, 0.717) is 6.04 Å². The zero-order valence-electron chi connectivity index (χ0n) is 12.2. The lowest BCUT2D eigenvalue weighted by Crippen LogP contribution is -2.30. The maximum atomic E-state index is 3.56. The molecule has 2 heteroatoms. The van der Waals surface area contributed by atoms with E-state index in [0.717, 1.165) is 6.04 Å². The highest BCUT2D eigenvalue weighted by Crippen LogP contribution is 2.22. The Balaban J connectivity index is 1.95. The number of rotatable bonds is 9. The first-order valence-corrected chi connectivity index (χ1v) is 7.67. The van der Waals surface area contributed by atoms with E-state index >= 15 is 0 Å². The predicted molar refractivity (Wildman–Crippen MR) is 76.5 cm³/mol. The van der Waals surface area contributed by atoms with E-state index in [1.807, 2.05) is 0 Å². The molecule has 1 fully saturated rings. The Morgan fingerprint density at radius 1 is 1.24 bits per heavy atom. The van der Waals surface area contributed by atoms with Crippen LogP contribution in [0.25, 0.3) is 0 Å². The summed E-state index contributed by atoms with van der Waals surface area (Å²) >= 11 is 0. The highest BCUT2D eigenvalue weighted by molar-refractivity contribution is 4.75. The summed E-state index contributed by atoms with van der Waals surface area (Å²) in [5.74, 6) is 0. The molecule has 17 heavy (non-hydrogen) atoms. The highest BCUT2D eigenvalue weighted by atomic mass is 15.1. The second kappa shape index (κ2) is 8.93. The Morgan fingerprint density at radius 2 is 1.94 bits per heavy atom. The molecule has 1 atom stereocenters. The van der Waals surface area contributed by atoms with E-state index in [1.54, 1.807) is 0 Å². The molecule has 1 aliphatic rings. The molecule has 0 radical (unpaired) electrons. The van der Waals surface area contributed by atoms with Crippen LogP contribution < -0.4 is 5.32 Å². The molecule has 0 aliphatic heterocycles. The van der Waals surface area contributed by atoms with Gasteiger partial charge < -0.3 is 10.2 Å². The molecule has 0 aromatic heterocycles. The number of nitrogens with zero attached hydrogens (tertiary/aromatic N) is 1. The summed E-state index contributed by atoms with van der Waals surface area (Å²) < 4.78 is 0. The summed E-state index contributed by atoms with van der Waals surface area (Å²) in [5.41, 5.74) is 0. The van der Waals surface area contributed by atoms with Crippen LogP contribution in [0.3, 0.4) is 0 Å². The van der Waals surface area contributed by atoms with E-state index in [4.69, 9.17) is 0 Å². The third-order valence-electron chi connectivity index (χ3n) is 4.09. The number of hydrogen-bond donors (Lipinski definition) is 1. The van der Waals surface area contributed by atoms with Gasteiger partial charge in [0, 0.05) is 12.1 Å². The molecule has 1 aliphatic carbocycles. The molecular formula is C15H32N2. The smallest absolute Gasteiger partial charge is 0.00922 e. The minimum Gasteiger partial charge on any atom is -0.314 e. The molecule has 2 nitrogen and oxygen atoms in total. The first-order valence-electron chi connectivity index (χ1n) is 7.67. The van der Waals surface area contributed by atoms with Crippen molar-refractivity contribution in [2.75, 3.05) is 20.1 Å². The van der Waals surface area contributed by atoms with Gasteiger partial charge in [0.1, 0.15) is 0 Å². The zero-order valence-corrected chi connectivity index (χ0v) is 12.2. The first kappa shape index (κ1) is 15.0. The van der Waals surface area contributed by atoms with Crippen molar-refractivity contribution in [2.45, 2.75) is 77.3 Å². The Hall–Kier alpha value is -0.0800. The fourth-order valence-electron chi connectivity index (χ4n) is 2.83. The van der Waals surface area contributed by atoms with Crippen LogP contribution in [0.5, 0.6) is 0 Å². The van der Waals surface area contributed by atoms with Gasteiger partial charge in [-0.2, -0.15) is 0 Å². The molecule has 0 spiro atoms. The highest BCUT2D eigenvalue weighted by Gasteiger charge is 2.18. The van der Waals surface area contributed by atoms with Gasteiger partial charge in [0.25, 0.3) is 0 Å². The van der Waals surface area contributed by atoms with Gasteiger partial charge in [0.2, 0.25) is 0 Å². The van der Waals surface area contributed by atoms with Gasteiger partial charge in [-0.1, -0.05) is 26.2 Å². The molecule has 1 N–H and O–H groups in total. The standard InChI is InChI=1S/C15H32N2/c1-4-12-16-14(2)9-7-8-13-17(3)15-10-5-6-11-15/h14-16H,4-13H2,1-3H3. The van der Waals surface area contributed by atoms with E-state index < -0.39 is 0 Å². The van der Waals surface area contributed by atoms with Gasteiger partial charge in [-0.3, -0.25) is 0 Å². The fourth-order valence-corrected chi connectivity index (χ4v) is 2.83. The Morgan fingerprint density at radius 3 is 2.59 bits per heavy atom. The summed E-state index contributed by atoms with van der Waals surface area (Å²) in [4.78, 5) is 2.59. The minimum absolute atomic E-state index is 0.701.